The van der Waals surface area contributed by atoms with E-state index in [-0.39, 0.29) is 19.8 Å². The first kappa shape index (κ1) is 21.8. The molecule has 28 heavy (non-hydrogen) atoms. The second-order valence-electron chi connectivity index (χ2n) is 7.01. The molecule has 2 aromatic rings. The first-order valence-electron chi connectivity index (χ1n) is 8.84. The van der Waals surface area contributed by atoms with Crippen LogP contribution in [-0.4, -0.2) is 30.8 Å². The summed E-state index contributed by atoms with van der Waals surface area (Å²) in [5.74, 6) is 0.0499. The maximum absolute atomic E-state index is 12.3. The molecule has 0 aliphatic carbocycles. The van der Waals surface area contributed by atoms with Crippen molar-refractivity contribution in [3.05, 3.63) is 64.1 Å². The summed E-state index contributed by atoms with van der Waals surface area (Å²) in [5.41, 5.74) is 0.737. The van der Waals surface area contributed by atoms with Gasteiger partial charge in [-0.15, -0.1) is 0 Å². The number of carbonyl (C=O) groups excluding carboxylic acids is 2. The monoisotopic (exact) mass is 449 g/mol. The van der Waals surface area contributed by atoms with Crippen molar-refractivity contribution in [2.75, 3.05) is 13.2 Å². The second-order valence-corrected chi connectivity index (χ2v) is 7.93. The van der Waals surface area contributed by atoms with E-state index in [2.05, 4.69) is 21.2 Å². The number of carbonyl (C=O) groups is 2. The summed E-state index contributed by atoms with van der Waals surface area (Å²) >= 11 is 3.37. The zero-order chi connectivity index (χ0) is 20.6. The number of hydrogen-bond donors (Lipinski definition) is 1. The van der Waals surface area contributed by atoms with Crippen LogP contribution in [0.3, 0.4) is 0 Å². The van der Waals surface area contributed by atoms with Crippen molar-refractivity contribution >= 4 is 28.0 Å². The van der Waals surface area contributed by atoms with E-state index in [0.717, 1.165) is 5.56 Å². The number of halogens is 1. The van der Waals surface area contributed by atoms with Crippen molar-refractivity contribution in [3.8, 4) is 5.75 Å². The molecule has 0 radical (unpaired) electrons. The number of alkyl carbamates (subject to hydrolysis) is 1. The summed E-state index contributed by atoms with van der Waals surface area (Å²) in [6.07, 6.45) is -0.504. The fourth-order valence-corrected chi connectivity index (χ4v) is 2.68. The molecular weight excluding hydrogens is 426 g/mol. The molecule has 0 aliphatic heterocycles. The van der Waals surface area contributed by atoms with Crippen LogP contribution in [0.25, 0.3) is 0 Å². The van der Waals surface area contributed by atoms with Gasteiger partial charge in [0.1, 0.15) is 24.6 Å². The van der Waals surface area contributed by atoms with Gasteiger partial charge >= 0.3 is 12.1 Å². The van der Waals surface area contributed by atoms with Crippen molar-refractivity contribution in [1.82, 2.24) is 5.32 Å². The predicted octanol–water partition coefficient (Wildman–Crippen LogP) is 4.71. The van der Waals surface area contributed by atoms with Crippen LogP contribution in [0.2, 0.25) is 0 Å². The Labute approximate surface area is 173 Å². The van der Waals surface area contributed by atoms with Gasteiger partial charge in [-0.2, -0.15) is 0 Å². The lowest BCUT2D eigenvalue weighted by atomic mass is 10.2. The summed E-state index contributed by atoms with van der Waals surface area (Å²) < 4.78 is 16.8. The zero-order valence-electron chi connectivity index (χ0n) is 16.2. The van der Waals surface area contributed by atoms with Gasteiger partial charge in [0.05, 0.1) is 12.1 Å². The van der Waals surface area contributed by atoms with Gasteiger partial charge < -0.3 is 19.5 Å². The van der Waals surface area contributed by atoms with Crippen LogP contribution in [-0.2, 0) is 16.1 Å². The molecule has 0 saturated carbocycles. The lowest BCUT2D eigenvalue weighted by Crippen LogP contribution is -2.34. The van der Waals surface area contributed by atoms with E-state index in [4.69, 9.17) is 14.2 Å². The molecule has 0 atom stereocenters. The highest BCUT2D eigenvalue weighted by molar-refractivity contribution is 9.10. The van der Waals surface area contributed by atoms with Gasteiger partial charge in [-0.1, -0.05) is 46.3 Å². The minimum Gasteiger partial charge on any atom is -0.492 e. The van der Waals surface area contributed by atoms with Crippen LogP contribution in [0.4, 0.5) is 4.79 Å². The molecule has 0 spiro atoms. The molecule has 0 unspecified atom stereocenters. The molecule has 0 saturated heterocycles. The SMILES string of the molecule is CC(C)(C)OC(=O)NCCOc1cc(Br)cc(C(=O)OCc2ccccc2)c1. The van der Waals surface area contributed by atoms with Gasteiger partial charge in [0.25, 0.3) is 0 Å². The van der Waals surface area contributed by atoms with Gasteiger partial charge in [0.2, 0.25) is 0 Å². The van der Waals surface area contributed by atoms with Crippen LogP contribution in [0.5, 0.6) is 5.75 Å². The Morgan fingerprint density at radius 1 is 1.07 bits per heavy atom. The Bertz CT molecular complexity index is 802. The Balaban J connectivity index is 1.85. The molecule has 1 amide bonds. The van der Waals surface area contributed by atoms with E-state index in [1.807, 2.05) is 30.3 Å². The molecule has 1 N–H and O–H groups in total. The number of rotatable bonds is 7. The molecule has 0 heterocycles. The number of benzene rings is 2. The van der Waals surface area contributed by atoms with Gasteiger partial charge in [-0.3, -0.25) is 0 Å². The first-order valence-corrected chi connectivity index (χ1v) is 9.63. The fraction of sp³-hybridized carbons (Fsp3) is 0.333. The molecule has 0 aromatic heterocycles. The molecule has 150 valence electrons. The van der Waals surface area contributed by atoms with E-state index in [0.29, 0.717) is 15.8 Å². The fourth-order valence-electron chi connectivity index (χ4n) is 2.21. The molecular formula is C21H24BrNO5. The molecule has 0 bridgehead atoms. The third-order valence-electron chi connectivity index (χ3n) is 3.36. The highest BCUT2D eigenvalue weighted by atomic mass is 79.9. The van der Waals surface area contributed by atoms with Gasteiger partial charge in [-0.05, 0) is 44.5 Å². The normalized spacial score (nSPS) is 10.9. The van der Waals surface area contributed by atoms with Crippen LogP contribution in [0.1, 0.15) is 36.7 Å². The number of hydrogen-bond acceptors (Lipinski definition) is 5. The van der Waals surface area contributed by atoms with Crippen LogP contribution in [0.15, 0.2) is 53.0 Å². The Hall–Kier alpha value is -2.54. The van der Waals surface area contributed by atoms with Crippen LogP contribution < -0.4 is 10.1 Å². The van der Waals surface area contributed by atoms with E-state index in [9.17, 15) is 9.59 Å². The summed E-state index contributed by atoms with van der Waals surface area (Å²) in [6, 6.07) is 14.5. The summed E-state index contributed by atoms with van der Waals surface area (Å²) in [5, 5.41) is 2.61. The van der Waals surface area contributed by atoms with E-state index >= 15 is 0 Å². The quantitative estimate of drug-likeness (QED) is 0.489. The average molecular weight is 450 g/mol. The average Bonchev–Trinajstić information content (AvgIpc) is 2.62. The minimum absolute atomic E-state index is 0.197. The van der Waals surface area contributed by atoms with E-state index < -0.39 is 17.7 Å². The summed E-state index contributed by atoms with van der Waals surface area (Å²) in [7, 11) is 0. The first-order chi connectivity index (χ1) is 13.2. The van der Waals surface area contributed by atoms with Crippen LogP contribution in [0, 0.1) is 0 Å². The van der Waals surface area contributed by atoms with Crippen molar-refractivity contribution in [3.63, 3.8) is 0 Å². The maximum atomic E-state index is 12.3. The molecule has 0 fully saturated rings. The summed E-state index contributed by atoms with van der Waals surface area (Å²) in [6.45, 7) is 6.08. The largest absolute Gasteiger partial charge is 0.492 e. The molecule has 2 rings (SSSR count). The number of esters is 1. The van der Waals surface area contributed by atoms with E-state index in [1.165, 1.54) is 0 Å². The zero-order valence-corrected chi connectivity index (χ0v) is 17.7. The van der Waals surface area contributed by atoms with E-state index in [1.54, 1.807) is 39.0 Å². The Morgan fingerprint density at radius 2 is 1.79 bits per heavy atom. The van der Waals surface area contributed by atoms with Crippen molar-refractivity contribution in [2.24, 2.45) is 0 Å². The topological polar surface area (TPSA) is 73.9 Å². The van der Waals surface area contributed by atoms with Crippen molar-refractivity contribution in [1.29, 1.82) is 0 Å². The standard InChI is InChI=1S/C21H24BrNO5/c1-21(2,3)28-20(25)23-9-10-26-18-12-16(11-17(22)13-18)19(24)27-14-15-7-5-4-6-8-15/h4-8,11-13H,9-10,14H2,1-3H3,(H,23,25). The smallest absolute Gasteiger partial charge is 0.407 e. The molecule has 6 nitrogen and oxygen atoms in total. The molecule has 2 aromatic carbocycles. The second kappa shape index (κ2) is 10.1. The predicted molar refractivity (Wildman–Crippen MR) is 109 cm³/mol. The number of nitrogens with one attached hydrogen (secondary N) is 1. The third-order valence-corrected chi connectivity index (χ3v) is 3.82. The molecule has 0 aliphatic rings. The lowest BCUT2D eigenvalue weighted by molar-refractivity contribution is 0.0471. The van der Waals surface area contributed by atoms with Crippen molar-refractivity contribution in [2.45, 2.75) is 33.0 Å². The third kappa shape index (κ3) is 8.00. The highest BCUT2D eigenvalue weighted by Gasteiger charge is 2.15. The number of amides is 1. The van der Waals surface area contributed by atoms with Gasteiger partial charge in [-0.25, -0.2) is 9.59 Å². The Kier molecular flexibility index (Phi) is 7.87. The highest BCUT2D eigenvalue weighted by Crippen LogP contribution is 2.22. The van der Waals surface area contributed by atoms with Crippen molar-refractivity contribution < 1.29 is 23.8 Å². The maximum Gasteiger partial charge on any atom is 0.407 e. The number of ether oxygens (including phenoxy) is 3. The summed E-state index contributed by atoms with van der Waals surface area (Å²) in [4.78, 5) is 23.9. The van der Waals surface area contributed by atoms with Gasteiger partial charge in [0.15, 0.2) is 0 Å². The minimum atomic E-state index is -0.551. The van der Waals surface area contributed by atoms with Gasteiger partial charge in [0, 0.05) is 4.47 Å². The van der Waals surface area contributed by atoms with Crippen LogP contribution >= 0.6 is 15.9 Å². The lowest BCUT2D eigenvalue weighted by Gasteiger charge is -2.19. The molecule has 7 heteroatoms. The Morgan fingerprint density at radius 3 is 2.46 bits per heavy atom.